The minimum Gasteiger partial charge on any atom is -0.354 e. The lowest BCUT2D eigenvalue weighted by Gasteiger charge is -2.32. The van der Waals surface area contributed by atoms with Crippen molar-refractivity contribution in [3.63, 3.8) is 0 Å². The van der Waals surface area contributed by atoms with Crippen LogP contribution >= 0.6 is 35.0 Å². The first-order valence-electron chi connectivity index (χ1n) is 12.1. The van der Waals surface area contributed by atoms with Crippen molar-refractivity contribution in [2.45, 2.75) is 50.6 Å². The molecule has 1 atom stereocenters. The number of hydrogen-bond donors (Lipinski definition) is 1. The number of thioether (sulfide) groups is 1. The van der Waals surface area contributed by atoms with Gasteiger partial charge in [-0.05, 0) is 48.7 Å². The van der Waals surface area contributed by atoms with Crippen LogP contribution in [-0.2, 0) is 22.6 Å². The van der Waals surface area contributed by atoms with E-state index in [9.17, 15) is 9.59 Å². The molecule has 36 heavy (non-hydrogen) atoms. The molecule has 3 aromatic carbocycles. The fourth-order valence-corrected chi connectivity index (χ4v) is 5.01. The normalized spacial score (nSPS) is 11.7. The van der Waals surface area contributed by atoms with Gasteiger partial charge in [-0.2, -0.15) is 0 Å². The maximum Gasteiger partial charge on any atom is 0.243 e. The van der Waals surface area contributed by atoms with Crippen LogP contribution in [0.1, 0.15) is 36.5 Å². The Bertz CT molecular complexity index is 1140. The van der Waals surface area contributed by atoms with Gasteiger partial charge in [-0.15, -0.1) is 11.8 Å². The van der Waals surface area contributed by atoms with Gasteiger partial charge in [-0.3, -0.25) is 9.59 Å². The summed E-state index contributed by atoms with van der Waals surface area (Å²) in [5, 5.41) is 4.03. The smallest absolute Gasteiger partial charge is 0.243 e. The molecule has 0 aliphatic rings. The Morgan fingerprint density at radius 3 is 2.39 bits per heavy atom. The Morgan fingerprint density at radius 1 is 1.00 bits per heavy atom. The molecule has 0 unspecified atom stereocenters. The molecule has 4 nitrogen and oxygen atoms in total. The monoisotopic (exact) mass is 542 g/mol. The number of aryl methyl sites for hydroxylation is 1. The van der Waals surface area contributed by atoms with Gasteiger partial charge in [-0.1, -0.05) is 90.6 Å². The van der Waals surface area contributed by atoms with Gasteiger partial charge in [0.25, 0.3) is 0 Å². The Kier molecular flexibility index (Phi) is 11.2. The number of halogens is 2. The number of benzene rings is 3. The minimum absolute atomic E-state index is 0.127. The molecular formula is C29H32Cl2N2O2S. The van der Waals surface area contributed by atoms with E-state index in [1.807, 2.05) is 67.6 Å². The molecule has 3 rings (SSSR count). The number of unbranched alkanes of at least 4 members (excludes halogenated alkanes) is 1. The molecule has 3 aromatic rings. The van der Waals surface area contributed by atoms with Gasteiger partial charge < -0.3 is 10.2 Å². The molecule has 0 saturated heterocycles. The zero-order chi connectivity index (χ0) is 25.9. The fraction of sp³-hybridized carbons (Fsp3) is 0.310. The summed E-state index contributed by atoms with van der Waals surface area (Å²) < 4.78 is 0. The minimum atomic E-state index is -0.679. The van der Waals surface area contributed by atoms with E-state index < -0.39 is 6.04 Å². The molecular weight excluding hydrogens is 511 g/mol. The van der Waals surface area contributed by atoms with Crippen LogP contribution in [0.2, 0.25) is 10.0 Å². The average Bonchev–Trinajstić information content (AvgIpc) is 2.87. The van der Waals surface area contributed by atoms with E-state index in [0.717, 1.165) is 34.4 Å². The molecule has 0 fully saturated rings. The molecule has 0 saturated carbocycles. The molecule has 1 N–H and O–H groups in total. The van der Waals surface area contributed by atoms with Crippen LogP contribution in [0.3, 0.4) is 0 Å². The van der Waals surface area contributed by atoms with Gasteiger partial charge in [0.2, 0.25) is 11.8 Å². The second-order valence-corrected chi connectivity index (χ2v) is 10.6. The highest BCUT2D eigenvalue weighted by Crippen LogP contribution is 2.26. The lowest BCUT2D eigenvalue weighted by atomic mass is 10.0. The Morgan fingerprint density at radius 2 is 1.72 bits per heavy atom. The predicted octanol–water partition coefficient (Wildman–Crippen LogP) is 6.95. The van der Waals surface area contributed by atoms with E-state index in [2.05, 4.69) is 12.2 Å². The summed E-state index contributed by atoms with van der Waals surface area (Å²) in [4.78, 5) is 29.8. The highest BCUT2D eigenvalue weighted by atomic mass is 35.5. The van der Waals surface area contributed by atoms with E-state index in [0.29, 0.717) is 23.0 Å². The van der Waals surface area contributed by atoms with Crippen molar-refractivity contribution in [2.75, 3.05) is 12.3 Å². The van der Waals surface area contributed by atoms with Gasteiger partial charge >= 0.3 is 0 Å². The first kappa shape index (κ1) is 28.1. The van der Waals surface area contributed by atoms with Crippen molar-refractivity contribution in [3.8, 4) is 0 Å². The van der Waals surface area contributed by atoms with Gasteiger partial charge in [0.05, 0.1) is 5.75 Å². The summed E-state index contributed by atoms with van der Waals surface area (Å²) >= 11 is 14.1. The molecule has 7 heteroatoms. The first-order valence-corrected chi connectivity index (χ1v) is 13.9. The maximum absolute atomic E-state index is 13.7. The second-order valence-electron chi connectivity index (χ2n) is 8.71. The standard InChI is InChI=1S/C29H32Cl2N2O2S/c1-3-4-16-32-29(35)27(17-22-8-6-5-7-9-22)33(19-23-12-13-24(30)18-26(23)31)28(34)20-36-25-14-10-21(2)11-15-25/h5-15,18,27H,3-4,16-17,19-20H2,1-2H3,(H,32,35)/t27-/m0/s1. The van der Waals surface area contributed by atoms with Crippen molar-refractivity contribution in [1.82, 2.24) is 10.2 Å². The second kappa shape index (κ2) is 14.3. The molecule has 2 amide bonds. The highest BCUT2D eigenvalue weighted by molar-refractivity contribution is 8.00. The van der Waals surface area contributed by atoms with E-state index in [4.69, 9.17) is 23.2 Å². The number of carbonyl (C=O) groups excluding carboxylic acids is 2. The topological polar surface area (TPSA) is 49.4 Å². The SMILES string of the molecule is CCCCNC(=O)[C@H](Cc1ccccc1)N(Cc1ccc(Cl)cc1Cl)C(=O)CSc1ccc(C)cc1. The molecule has 0 aliphatic heterocycles. The number of nitrogens with zero attached hydrogens (tertiary/aromatic N) is 1. The van der Waals surface area contributed by atoms with Crippen LogP contribution in [0.15, 0.2) is 77.7 Å². The quantitative estimate of drug-likeness (QED) is 0.199. The van der Waals surface area contributed by atoms with Crippen molar-refractivity contribution < 1.29 is 9.59 Å². The van der Waals surface area contributed by atoms with Gasteiger partial charge in [-0.25, -0.2) is 0 Å². The number of hydrogen-bond acceptors (Lipinski definition) is 3. The van der Waals surface area contributed by atoms with Crippen LogP contribution in [0, 0.1) is 6.92 Å². The van der Waals surface area contributed by atoms with Crippen LogP contribution in [0.4, 0.5) is 0 Å². The third-order valence-electron chi connectivity index (χ3n) is 5.84. The molecule has 190 valence electrons. The largest absolute Gasteiger partial charge is 0.354 e. The van der Waals surface area contributed by atoms with Crippen molar-refractivity contribution in [3.05, 3.63) is 99.5 Å². The third kappa shape index (κ3) is 8.58. The van der Waals surface area contributed by atoms with Crippen LogP contribution in [0.25, 0.3) is 0 Å². The van der Waals surface area contributed by atoms with Gasteiger partial charge in [0.15, 0.2) is 0 Å². The van der Waals surface area contributed by atoms with E-state index in [-0.39, 0.29) is 24.1 Å². The molecule has 0 spiro atoms. The lowest BCUT2D eigenvalue weighted by molar-refractivity contribution is -0.139. The van der Waals surface area contributed by atoms with Crippen molar-refractivity contribution >= 4 is 46.8 Å². The zero-order valence-corrected chi connectivity index (χ0v) is 23.0. The fourth-order valence-electron chi connectivity index (χ4n) is 3.76. The van der Waals surface area contributed by atoms with Crippen LogP contribution < -0.4 is 5.32 Å². The Hall–Kier alpha value is -2.47. The van der Waals surface area contributed by atoms with Crippen molar-refractivity contribution in [1.29, 1.82) is 0 Å². The summed E-state index contributed by atoms with van der Waals surface area (Å²) in [5.41, 5.74) is 2.89. The Labute approximate surface area is 228 Å². The predicted molar refractivity (Wildman–Crippen MR) is 151 cm³/mol. The third-order valence-corrected chi connectivity index (χ3v) is 7.42. The summed E-state index contributed by atoms with van der Waals surface area (Å²) in [5.74, 6) is -0.0776. The highest BCUT2D eigenvalue weighted by Gasteiger charge is 2.30. The van der Waals surface area contributed by atoms with Gasteiger partial charge in [0, 0.05) is 34.5 Å². The van der Waals surface area contributed by atoms with E-state index in [1.54, 1.807) is 17.0 Å². The maximum atomic E-state index is 13.7. The zero-order valence-electron chi connectivity index (χ0n) is 20.7. The van der Waals surface area contributed by atoms with Crippen LogP contribution in [0.5, 0.6) is 0 Å². The molecule has 0 aromatic heterocycles. The average molecular weight is 544 g/mol. The lowest BCUT2D eigenvalue weighted by Crippen LogP contribution is -2.51. The summed E-state index contributed by atoms with van der Waals surface area (Å²) in [7, 11) is 0. The van der Waals surface area contributed by atoms with E-state index >= 15 is 0 Å². The van der Waals surface area contributed by atoms with E-state index in [1.165, 1.54) is 11.8 Å². The summed E-state index contributed by atoms with van der Waals surface area (Å²) in [6.07, 6.45) is 2.26. The molecule has 0 heterocycles. The Balaban J connectivity index is 1.90. The summed E-state index contributed by atoms with van der Waals surface area (Å²) in [6.45, 7) is 4.89. The number of amides is 2. The molecule has 0 bridgehead atoms. The number of rotatable bonds is 12. The molecule has 0 aliphatic carbocycles. The number of nitrogens with one attached hydrogen (secondary N) is 1. The first-order chi connectivity index (χ1) is 17.4. The number of carbonyl (C=O) groups is 2. The molecule has 0 radical (unpaired) electrons. The van der Waals surface area contributed by atoms with Crippen LogP contribution in [-0.4, -0.2) is 35.1 Å². The van der Waals surface area contributed by atoms with Gasteiger partial charge in [0.1, 0.15) is 6.04 Å². The summed E-state index contributed by atoms with van der Waals surface area (Å²) in [6, 6.07) is 22.4. The van der Waals surface area contributed by atoms with Crippen molar-refractivity contribution in [2.24, 2.45) is 0 Å².